The van der Waals surface area contributed by atoms with Crippen LogP contribution in [-0.4, -0.2) is 27.9 Å². The maximum Gasteiger partial charge on any atom is 0.147 e. The topological polar surface area (TPSA) is 107 Å². The first-order chi connectivity index (χ1) is 10.5. The molecule has 2 heterocycles. The number of ether oxygens (including phenoxy) is 1. The molecule has 8 heteroatoms. The van der Waals surface area contributed by atoms with Crippen molar-refractivity contribution in [2.75, 3.05) is 12.8 Å². The van der Waals surface area contributed by atoms with Gasteiger partial charge >= 0.3 is 0 Å². The molecule has 5 N–H and O–H groups in total. The van der Waals surface area contributed by atoms with E-state index in [2.05, 4.69) is 18.5 Å². The quantitative estimate of drug-likeness (QED) is 0.572. The zero-order valence-corrected chi connectivity index (χ0v) is 13.4. The molecule has 1 aromatic rings. The first-order valence-electron chi connectivity index (χ1n) is 7.07. The van der Waals surface area contributed by atoms with Crippen LogP contribution in [0.1, 0.15) is 12.8 Å². The van der Waals surface area contributed by atoms with Crippen molar-refractivity contribution in [3.63, 3.8) is 0 Å². The summed E-state index contributed by atoms with van der Waals surface area (Å²) in [4.78, 5) is 4.59. The van der Waals surface area contributed by atoms with Crippen molar-refractivity contribution in [1.82, 2.24) is 9.36 Å². The summed E-state index contributed by atoms with van der Waals surface area (Å²) in [5, 5.41) is 8.63. The number of aromatic nitrogens is 2. The number of rotatable bonds is 2. The highest BCUT2D eigenvalue weighted by atomic mass is 31.0. The Labute approximate surface area is 130 Å². The minimum atomic E-state index is 0.232. The van der Waals surface area contributed by atoms with Gasteiger partial charge < -0.3 is 16.2 Å². The number of allylic oxidation sites excluding steroid dienone is 2. The van der Waals surface area contributed by atoms with Crippen molar-refractivity contribution < 1.29 is 4.74 Å². The molecule has 2 aliphatic rings. The van der Waals surface area contributed by atoms with E-state index >= 15 is 0 Å². The fourth-order valence-electron chi connectivity index (χ4n) is 2.70. The fraction of sp³-hybridized carbons (Fsp3) is 0.357. The van der Waals surface area contributed by atoms with E-state index in [9.17, 15) is 0 Å². The van der Waals surface area contributed by atoms with Crippen LogP contribution in [0.15, 0.2) is 28.6 Å². The van der Waals surface area contributed by atoms with Crippen LogP contribution < -0.4 is 11.5 Å². The summed E-state index contributed by atoms with van der Waals surface area (Å²) in [6.45, 7) is 1.78. The van der Waals surface area contributed by atoms with Gasteiger partial charge in [0.15, 0.2) is 0 Å². The molecule has 0 saturated carbocycles. The third-order valence-electron chi connectivity index (χ3n) is 3.87. The predicted molar refractivity (Wildman–Crippen MR) is 89.8 cm³/mol. The molecule has 0 atom stereocenters. The summed E-state index contributed by atoms with van der Waals surface area (Å²) in [6, 6.07) is 0. The molecular weight excluding hydrogens is 299 g/mol. The maximum atomic E-state index is 7.79. The second-order valence-corrected chi connectivity index (χ2v) is 5.73. The lowest BCUT2D eigenvalue weighted by Gasteiger charge is -2.18. The number of anilines is 1. The highest BCUT2D eigenvalue weighted by Crippen LogP contribution is 2.30. The Morgan fingerprint density at radius 3 is 2.55 bits per heavy atom. The molecule has 1 aliphatic carbocycles. The Balaban J connectivity index is 2.11. The summed E-state index contributed by atoms with van der Waals surface area (Å²) in [5.74, 6) is 1.04. The van der Waals surface area contributed by atoms with E-state index in [4.69, 9.17) is 21.6 Å². The number of nitrogens with zero attached hydrogens (tertiary/aromatic N) is 3. The molecule has 0 unspecified atom stereocenters. The molecule has 0 bridgehead atoms. The van der Waals surface area contributed by atoms with Crippen LogP contribution >= 0.6 is 8.86 Å². The van der Waals surface area contributed by atoms with Gasteiger partial charge in [-0.1, -0.05) is 8.86 Å². The van der Waals surface area contributed by atoms with Gasteiger partial charge in [0.25, 0.3) is 0 Å². The van der Waals surface area contributed by atoms with E-state index in [1.165, 1.54) is 13.2 Å². The molecule has 0 fully saturated rings. The van der Waals surface area contributed by atoms with E-state index in [0.717, 1.165) is 31.0 Å². The molecule has 0 saturated heterocycles. The second-order valence-electron chi connectivity index (χ2n) is 5.26. The third-order valence-corrected chi connectivity index (χ3v) is 4.36. The van der Waals surface area contributed by atoms with Crippen molar-refractivity contribution in [1.29, 1.82) is 5.41 Å². The van der Waals surface area contributed by atoms with Gasteiger partial charge in [-0.25, -0.2) is 4.99 Å². The summed E-state index contributed by atoms with van der Waals surface area (Å²) in [5.41, 5.74) is 14.1. The fourth-order valence-corrected chi connectivity index (χ4v) is 3.11. The average molecular weight is 318 g/mol. The Hall–Kier alpha value is -2.27. The van der Waals surface area contributed by atoms with Crippen LogP contribution in [0.2, 0.25) is 0 Å². The highest BCUT2D eigenvalue weighted by Gasteiger charge is 2.19. The van der Waals surface area contributed by atoms with Gasteiger partial charge in [0, 0.05) is 19.2 Å². The number of nitrogens with two attached hydrogens (primary N) is 2. The van der Waals surface area contributed by atoms with E-state index in [-0.39, 0.29) is 5.71 Å². The number of methoxy groups -OCH3 is 1. The standard InChI is InChI=1S/C14H19N6OP/c1-21-11-7-10(8(15)6-9(11)16)18-12-13(17)19-4-2-3-5-20(19)14(12)22/h6-7,16,22H,2-5,15,17H2,1H3/b16-9?,18-10+. The molecule has 1 aliphatic heterocycles. The zero-order chi connectivity index (χ0) is 15.9. The van der Waals surface area contributed by atoms with Gasteiger partial charge in [-0.15, -0.1) is 0 Å². The van der Waals surface area contributed by atoms with Crippen LogP contribution in [-0.2, 0) is 17.8 Å². The molecular formula is C14H19N6OP. The van der Waals surface area contributed by atoms with Crippen LogP contribution in [0, 0.1) is 10.5 Å². The monoisotopic (exact) mass is 318 g/mol. The Bertz CT molecular complexity index is 795. The molecule has 116 valence electrons. The minimum absolute atomic E-state index is 0.232. The van der Waals surface area contributed by atoms with Crippen LogP contribution in [0.25, 0.3) is 0 Å². The van der Waals surface area contributed by atoms with Crippen LogP contribution in [0.4, 0.5) is 11.5 Å². The third kappa shape index (κ3) is 2.27. The predicted octanol–water partition coefficient (Wildman–Crippen LogP) is 1.82. The van der Waals surface area contributed by atoms with Crippen molar-refractivity contribution >= 4 is 31.8 Å². The smallest absolute Gasteiger partial charge is 0.147 e. The van der Waals surface area contributed by atoms with Crippen molar-refractivity contribution in [3.05, 3.63) is 28.7 Å². The number of hydrogen-bond acceptors (Lipinski definition) is 5. The average Bonchev–Trinajstić information content (AvgIpc) is 2.75. The lowest BCUT2D eigenvalue weighted by Crippen LogP contribution is -2.20. The summed E-state index contributed by atoms with van der Waals surface area (Å²) in [6.07, 6.45) is 5.41. The summed E-state index contributed by atoms with van der Waals surface area (Å²) >= 11 is 0. The largest absolute Gasteiger partial charge is 0.494 e. The Kier molecular flexibility index (Phi) is 3.66. The lowest BCUT2D eigenvalue weighted by molar-refractivity contribution is 0.315. The number of fused-ring (bicyclic) bond motifs is 1. The normalized spacial score (nSPS) is 19.7. The molecule has 0 radical (unpaired) electrons. The van der Waals surface area contributed by atoms with Gasteiger partial charge in [-0.2, -0.15) is 0 Å². The molecule has 0 aromatic carbocycles. The lowest BCUT2D eigenvalue weighted by atomic mass is 10.1. The van der Waals surface area contributed by atoms with Gasteiger partial charge in [0.05, 0.1) is 24.2 Å². The van der Waals surface area contributed by atoms with E-state index in [1.54, 1.807) is 6.08 Å². The van der Waals surface area contributed by atoms with Crippen molar-refractivity contribution in [3.8, 4) is 0 Å². The van der Waals surface area contributed by atoms with E-state index in [0.29, 0.717) is 28.7 Å². The summed E-state index contributed by atoms with van der Waals surface area (Å²) in [7, 11) is 5.16. The van der Waals surface area contributed by atoms with E-state index in [1.807, 2.05) is 4.68 Å². The van der Waals surface area contributed by atoms with E-state index < -0.39 is 0 Å². The molecule has 22 heavy (non-hydrogen) atoms. The van der Waals surface area contributed by atoms with Crippen molar-refractivity contribution in [2.24, 2.45) is 10.7 Å². The SMILES string of the molecule is COC1=C/C(=N\c2c(N)n3n(c2=P)CCCC3)C(N)=CC1=N. The van der Waals surface area contributed by atoms with Gasteiger partial charge in [-0.3, -0.25) is 14.8 Å². The minimum Gasteiger partial charge on any atom is -0.494 e. The zero-order valence-electron chi connectivity index (χ0n) is 12.4. The second kappa shape index (κ2) is 5.50. The molecule has 7 nitrogen and oxygen atoms in total. The highest BCUT2D eigenvalue weighted by molar-refractivity contribution is 7.07. The number of aliphatic imine (C=N–C) groups is 1. The maximum absolute atomic E-state index is 7.79. The van der Waals surface area contributed by atoms with Crippen molar-refractivity contribution in [2.45, 2.75) is 25.9 Å². The molecule has 1 aromatic heterocycles. The Morgan fingerprint density at radius 2 is 1.91 bits per heavy atom. The van der Waals surface area contributed by atoms with Crippen LogP contribution in [0.5, 0.6) is 0 Å². The van der Waals surface area contributed by atoms with Gasteiger partial charge in [0.2, 0.25) is 0 Å². The van der Waals surface area contributed by atoms with Gasteiger partial charge in [0.1, 0.15) is 22.3 Å². The first-order valence-corrected chi connectivity index (χ1v) is 7.57. The molecule has 0 spiro atoms. The summed E-state index contributed by atoms with van der Waals surface area (Å²) < 4.78 is 9.27. The number of nitrogen functional groups attached to an aromatic ring is 1. The van der Waals surface area contributed by atoms with Gasteiger partial charge in [-0.05, 0) is 18.9 Å². The molecule has 3 rings (SSSR count). The number of nitrogens with one attached hydrogen (secondary N) is 1. The molecule has 0 amide bonds. The Morgan fingerprint density at radius 1 is 1.23 bits per heavy atom. The number of hydrogen-bond donors (Lipinski definition) is 3. The first kappa shape index (κ1) is 14.7. The van der Waals surface area contributed by atoms with Crippen LogP contribution in [0.3, 0.4) is 0 Å².